The predicted octanol–water partition coefficient (Wildman–Crippen LogP) is 0.361. The maximum atomic E-state index is 11.9. The minimum Gasteiger partial charge on any atom is -0.481 e. The van der Waals surface area contributed by atoms with E-state index < -0.39 is 5.97 Å². The van der Waals surface area contributed by atoms with Crippen molar-refractivity contribution in [3.05, 3.63) is 0 Å². The summed E-state index contributed by atoms with van der Waals surface area (Å²) in [5, 5.41) is 11.3. The van der Waals surface area contributed by atoms with Crippen LogP contribution in [0.5, 0.6) is 0 Å². The number of carboxylic acid groups (broad SMARTS) is 1. The van der Waals surface area contributed by atoms with E-state index in [-0.39, 0.29) is 30.8 Å². The van der Waals surface area contributed by atoms with E-state index in [9.17, 15) is 14.4 Å². The first-order valence-electron chi connectivity index (χ1n) is 6.92. The zero-order chi connectivity index (χ0) is 15.1. The van der Waals surface area contributed by atoms with Gasteiger partial charge in [-0.2, -0.15) is 0 Å². The Morgan fingerprint density at radius 3 is 2.40 bits per heavy atom. The van der Waals surface area contributed by atoms with Crippen LogP contribution in [0.1, 0.15) is 26.2 Å². The minimum absolute atomic E-state index is 0.00176. The Kier molecular flexibility index (Phi) is 6.27. The molecule has 0 spiro atoms. The summed E-state index contributed by atoms with van der Waals surface area (Å²) in [5.74, 6) is -0.771. The Morgan fingerprint density at radius 2 is 1.90 bits per heavy atom. The number of likely N-dealkylation sites (N-methyl/N-ethyl adjacent to an activating group) is 1. The van der Waals surface area contributed by atoms with Crippen LogP contribution in [0.15, 0.2) is 0 Å². The Morgan fingerprint density at radius 1 is 1.30 bits per heavy atom. The number of urea groups is 1. The van der Waals surface area contributed by atoms with Gasteiger partial charge in [-0.25, -0.2) is 4.79 Å². The van der Waals surface area contributed by atoms with Crippen LogP contribution in [-0.2, 0) is 9.59 Å². The maximum Gasteiger partial charge on any atom is 0.317 e. The molecule has 0 bridgehead atoms. The fourth-order valence-corrected chi connectivity index (χ4v) is 2.16. The topological polar surface area (TPSA) is 90.0 Å². The highest BCUT2D eigenvalue weighted by atomic mass is 16.4. The van der Waals surface area contributed by atoms with Gasteiger partial charge < -0.3 is 20.2 Å². The molecule has 2 N–H and O–H groups in total. The Hall–Kier alpha value is -1.79. The van der Waals surface area contributed by atoms with Crippen molar-refractivity contribution in [2.45, 2.75) is 26.2 Å². The van der Waals surface area contributed by atoms with E-state index in [4.69, 9.17) is 5.11 Å². The summed E-state index contributed by atoms with van der Waals surface area (Å²) in [5.41, 5.74) is 0. The fourth-order valence-electron chi connectivity index (χ4n) is 2.16. The third-order valence-corrected chi connectivity index (χ3v) is 3.66. The number of carboxylic acids is 1. The molecular formula is C13H23N3O4. The van der Waals surface area contributed by atoms with Gasteiger partial charge in [0.15, 0.2) is 0 Å². The number of piperidine rings is 1. The van der Waals surface area contributed by atoms with Crippen LogP contribution in [0.3, 0.4) is 0 Å². The second-order valence-corrected chi connectivity index (χ2v) is 5.09. The number of hydrogen-bond donors (Lipinski definition) is 2. The highest BCUT2D eigenvalue weighted by molar-refractivity contribution is 5.83. The number of nitrogens with zero attached hydrogens (tertiary/aromatic N) is 2. The average molecular weight is 285 g/mol. The molecule has 0 unspecified atom stereocenters. The van der Waals surface area contributed by atoms with Gasteiger partial charge in [0, 0.05) is 33.1 Å². The van der Waals surface area contributed by atoms with E-state index in [0.29, 0.717) is 32.5 Å². The van der Waals surface area contributed by atoms with Crippen LogP contribution in [0, 0.1) is 5.92 Å². The molecule has 0 aliphatic carbocycles. The van der Waals surface area contributed by atoms with Crippen LogP contribution in [0.4, 0.5) is 4.79 Å². The lowest BCUT2D eigenvalue weighted by atomic mass is 9.94. The van der Waals surface area contributed by atoms with E-state index in [1.807, 2.05) is 6.92 Å². The van der Waals surface area contributed by atoms with Crippen LogP contribution in [0.25, 0.3) is 0 Å². The molecule has 0 aromatic rings. The van der Waals surface area contributed by atoms with Crippen molar-refractivity contribution >= 4 is 17.9 Å². The van der Waals surface area contributed by atoms with Crippen molar-refractivity contribution in [3.8, 4) is 0 Å². The van der Waals surface area contributed by atoms with E-state index in [1.54, 1.807) is 16.8 Å². The monoisotopic (exact) mass is 285 g/mol. The van der Waals surface area contributed by atoms with Crippen molar-refractivity contribution in [1.29, 1.82) is 0 Å². The molecule has 1 fully saturated rings. The second-order valence-electron chi connectivity index (χ2n) is 5.09. The number of rotatable bonds is 5. The van der Waals surface area contributed by atoms with Gasteiger partial charge in [0.05, 0.1) is 6.54 Å². The lowest BCUT2D eigenvalue weighted by molar-refractivity contribution is -0.138. The number of nitrogens with one attached hydrogen (secondary N) is 1. The maximum absolute atomic E-state index is 11.9. The number of carbonyl (C=O) groups is 3. The summed E-state index contributed by atoms with van der Waals surface area (Å²) < 4.78 is 0. The Balaban J connectivity index is 2.29. The SMILES string of the molecule is CCN(C)C(=O)CNC(=O)N1CCC(CC(=O)O)CC1. The standard InChI is InChI=1S/C13H23N3O4/c1-3-15(2)11(17)9-14-13(20)16-6-4-10(5-7-16)8-12(18)19/h10H,3-9H2,1-2H3,(H,14,20)(H,18,19). The van der Waals surface area contributed by atoms with Gasteiger partial charge in [-0.3, -0.25) is 9.59 Å². The molecule has 1 heterocycles. The summed E-state index contributed by atoms with van der Waals surface area (Å²) in [6.45, 7) is 3.56. The van der Waals surface area contributed by atoms with E-state index in [2.05, 4.69) is 5.32 Å². The smallest absolute Gasteiger partial charge is 0.317 e. The average Bonchev–Trinajstić information content (AvgIpc) is 2.43. The molecule has 0 aromatic carbocycles. The first kappa shape index (κ1) is 16.3. The van der Waals surface area contributed by atoms with Crippen molar-refractivity contribution in [2.24, 2.45) is 5.92 Å². The summed E-state index contributed by atoms with van der Waals surface area (Å²) in [4.78, 5) is 37.2. The van der Waals surface area contributed by atoms with E-state index in [1.165, 1.54) is 0 Å². The first-order chi connectivity index (χ1) is 9.43. The van der Waals surface area contributed by atoms with Crippen molar-refractivity contribution < 1.29 is 19.5 Å². The molecular weight excluding hydrogens is 262 g/mol. The number of amides is 3. The fraction of sp³-hybridized carbons (Fsp3) is 0.769. The zero-order valence-corrected chi connectivity index (χ0v) is 12.1. The van der Waals surface area contributed by atoms with Crippen molar-refractivity contribution in [3.63, 3.8) is 0 Å². The molecule has 0 aromatic heterocycles. The molecule has 1 aliphatic heterocycles. The molecule has 114 valence electrons. The predicted molar refractivity (Wildman–Crippen MR) is 73.3 cm³/mol. The lowest BCUT2D eigenvalue weighted by Crippen LogP contribution is -2.47. The summed E-state index contributed by atoms with van der Waals surface area (Å²) >= 11 is 0. The molecule has 0 saturated carbocycles. The van der Waals surface area contributed by atoms with Gasteiger partial charge in [-0.1, -0.05) is 0 Å². The Bertz CT molecular complexity index is 365. The highest BCUT2D eigenvalue weighted by Gasteiger charge is 2.24. The Labute approximate surface area is 118 Å². The van der Waals surface area contributed by atoms with Crippen molar-refractivity contribution in [1.82, 2.24) is 15.1 Å². The number of likely N-dealkylation sites (tertiary alicyclic amines) is 1. The first-order valence-corrected chi connectivity index (χ1v) is 6.92. The molecule has 0 radical (unpaired) electrons. The number of hydrogen-bond acceptors (Lipinski definition) is 3. The zero-order valence-electron chi connectivity index (χ0n) is 12.1. The normalized spacial score (nSPS) is 15.8. The van der Waals surface area contributed by atoms with Crippen LogP contribution in [0.2, 0.25) is 0 Å². The molecule has 3 amide bonds. The third kappa shape index (κ3) is 5.07. The van der Waals surface area contributed by atoms with Gasteiger partial charge in [-0.05, 0) is 25.7 Å². The number of carbonyl (C=O) groups excluding carboxylic acids is 2. The van der Waals surface area contributed by atoms with Gasteiger partial charge in [0.1, 0.15) is 0 Å². The molecule has 7 nitrogen and oxygen atoms in total. The van der Waals surface area contributed by atoms with Gasteiger partial charge in [-0.15, -0.1) is 0 Å². The van der Waals surface area contributed by atoms with Crippen molar-refractivity contribution in [2.75, 3.05) is 33.2 Å². The molecule has 1 saturated heterocycles. The molecule has 7 heteroatoms. The van der Waals surface area contributed by atoms with Gasteiger partial charge in [0.2, 0.25) is 5.91 Å². The molecule has 1 rings (SSSR count). The lowest BCUT2D eigenvalue weighted by Gasteiger charge is -2.31. The van der Waals surface area contributed by atoms with Crippen LogP contribution >= 0.6 is 0 Å². The minimum atomic E-state index is -0.791. The summed E-state index contributed by atoms with van der Waals surface area (Å²) in [6, 6.07) is -0.253. The summed E-state index contributed by atoms with van der Waals surface area (Å²) in [6.07, 6.45) is 1.56. The molecule has 20 heavy (non-hydrogen) atoms. The second kappa shape index (κ2) is 7.72. The molecule has 0 atom stereocenters. The van der Waals surface area contributed by atoms with Gasteiger partial charge >= 0.3 is 12.0 Å². The quantitative estimate of drug-likeness (QED) is 0.763. The van der Waals surface area contributed by atoms with Gasteiger partial charge in [0.25, 0.3) is 0 Å². The van der Waals surface area contributed by atoms with E-state index >= 15 is 0 Å². The summed E-state index contributed by atoms with van der Waals surface area (Å²) in [7, 11) is 1.69. The largest absolute Gasteiger partial charge is 0.481 e. The van der Waals surface area contributed by atoms with E-state index in [0.717, 1.165) is 0 Å². The highest BCUT2D eigenvalue weighted by Crippen LogP contribution is 2.20. The number of aliphatic carboxylic acids is 1. The molecule has 1 aliphatic rings. The van der Waals surface area contributed by atoms with Crippen LogP contribution < -0.4 is 5.32 Å². The third-order valence-electron chi connectivity index (χ3n) is 3.66. The van der Waals surface area contributed by atoms with Crippen LogP contribution in [-0.4, -0.2) is 66.0 Å².